The van der Waals surface area contributed by atoms with Gasteiger partial charge >= 0.3 is 0 Å². The van der Waals surface area contributed by atoms with Gasteiger partial charge in [0, 0.05) is 16.5 Å². The maximum atomic E-state index is 12.5. The van der Waals surface area contributed by atoms with Crippen molar-refractivity contribution >= 4 is 22.9 Å². The predicted octanol–water partition coefficient (Wildman–Crippen LogP) is 3.83. The van der Waals surface area contributed by atoms with Crippen LogP contribution in [0.25, 0.3) is 0 Å². The molecule has 0 bridgehead atoms. The Kier molecular flexibility index (Phi) is 3.61. The summed E-state index contributed by atoms with van der Waals surface area (Å²) in [4.78, 5) is 13.9. The van der Waals surface area contributed by atoms with Crippen molar-refractivity contribution < 1.29 is 4.79 Å². The lowest BCUT2D eigenvalue weighted by molar-refractivity contribution is 0.102. The second-order valence-corrected chi connectivity index (χ2v) is 7.52. The number of hydrogen-bond donors (Lipinski definition) is 1. The highest BCUT2D eigenvalue weighted by Crippen LogP contribution is 2.30. The third kappa shape index (κ3) is 2.88. The minimum absolute atomic E-state index is 0.0112. The van der Waals surface area contributed by atoms with Gasteiger partial charge in [0.25, 0.3) is 5.91 Å². The summed E-state index contributed by atoms with van der Waals surface area (Å²) >= 11 is 1.72. The number of thiophene rings is 1. The van der Waals surface area contributed by atoms with Crippen molar-refractivity contribution in [3.05, 3.63) is 33.8 Å². The van der Waals surface area contributed by atoms with Crippen molar-refractivity contribution in [1.82, 2.24) is 9.78 Å². The van der Waals surface area contributed by atoms with Gasteiger partial charge in [-0.15, -0.1) is 11.3 Å². The number of aryl methyl sites for hydroxylation is 1. The van der Waals surface area contributed by atoms with Gasteiger partial charge < -0.3 is 5.32 Å². The van der Waals surface area contributed by atoms with E-state index in [2.05, 4.69) is 31.2 Å². The molecule has 2 aromatic rings. The molecule has 1 amide bonds. The number of aromatic nitrogens is 2. The molecule has 0 unspecified atom stereocenters. The molecule has 2 aromatic heterocycles. The van der Waals surface area contributed by atoms with E-state index < -0.39 is 0 Å². The molecule has 0 saturated carbocycles. The fraction of sp³-hybridized carbons (Fsp3) is 0.500. The number of fused-ring (bicyclic) bond motifs is 1. The minimum Gasteiger partial charge on any atom is -0.319 e. The van der Waals surface area contributed by atoms with Crippen molar-refractivity contribution in [2.45, 2.75) is 52.0 Å². The molecular formula is C16H21N3OS. The maximum absolute atomic E-state index is 12.5. The van der Waals surface area contributed by atoms with E-state index in [0.717, 1.165) is 24.1 Å². The average Bonchev–Trinajstić information content (AvgIpc) is 3.03. The molecule has 3 rings (SSSR count). The Morgan fingerprint density at radius 1 is 1.33 bits per heavy atom. The second kappa shape index (κ2) is 5.30. The maximum Gasteiger partial charge on any atom is 0.256 e. The standard InChI is InChI=1S/C16H21N3OS/c1-16(2,3)19-9-11(8-17-19)18-15(20)13-10-21-14-7-5-4-6-12(13)14/h8-10H,4-7H2,1-3H3,(H,18,20). The molecule has 1 aliphatic rings. The van der Waals surface area contributed by atoms with E-state index in [1.54, 1.807) is 17.5 Å². The molecule has 4 nitrogen and oxygen atoms in total. The molecule has 2 heterocycles. The highest BCUT2D eigenvalue weighted by atomic mass is 32.1. The molecule has 0 aliphatic heterocycles. The van der Waals surface area contributed by atoms with Crippen LogP contribution in [0.4, 0.5) is 5.69 Å². The van der Waals surface area contributed by atoms with Crippen LogP contribution in [0, 0.1) is 0 Å². The topological polar surface area (TPSA) is 46.9 Å². The van der Waals surface area contributed by atoms with Crippen molar-refractivity contribution in [2.24, 2.45) is 0 Å². The van der Waals surface area contributed by atoms with Crippen molar-refractivity contribution in [1.29, 1.82) is 0 Å². The first kappa shape index (κ1) is 14.3. The number of carbonyl (C=O) groups excluding carboxylic acids is 1. The summed E-state index contributed by atoms with van der Waals surface area (Å²) in [6, 6.07) is 0. The zero-order valence-electron chi connectivity index (χ0n) is 12.8. The van der Waals surface area contributed by atoms with Gasteiger partial charge in [0.1, 0.15) is 0 Å². The van der Waals surface area contributed by atoms with E-state index in [9.17, 15) is 4.79 Å². The first-order chi connectivity index (χ1) is 9.95. The van der Waals surface area contributed by atoms with Crippen molar-refractivity contribution in [3.8, 4) is 0 Å². The lowest BCUT2D eigenvalue weighted by atomic mass is 9.95. The lowest BCUT2D eigenvalue weighted by Crippen LogP contribution is -2.22. The van der Waals surface area contributed by atoms with E-state index in [-0.39, 0.29) is 11.4 Å². The van der Waals surface area contributed by atoms with Gasteiger partial charge in [0.05, 0.1) is 23.0 Å². The third-order valence-corrected chi connectivity index (χ3v) is 4.92. The first-order valence-electron chi connectivity index (χ1n) is 7.41. The Labute approximate surface area is 129 Å². The number of rotatable bonds is 2. The minimum atomic E-state index is -0.0788. The summed E-state index contributed by atoms with van der Waals surface area (Å²) in [6.07, 6.45) is 8.18. The largest absolute Gasteiger partial charge is 0.319 e. The summed E-state index contributed by atoms with van der Waals surface area (Å²) < 4.78 is 1.87. The summed E-state index contributed by atoms with van der Waals surface area (Å²) in [5, 5.41) is 9.28. The van der Waals surface area contributed by atoms with Crippen LogP contribution < -0.4 is 5.32 Å². The average molecular weight is 303 g/mol. The van der Waals surface area contributed by atoms with Crippen LogP contribution in [0.15, 0.2) is 17.8 Å². The number of nitrogens with zero attached hydrogens (tertiary/aromatic N) is 2. The molecule has 1 aliphatic carbocycles. The zero-order chi connectivity index (χ0) is 15.0. The van der Waals surface area contributed by atoms with Gasteiger partial charge in [-0.25, -0.2) is 0 Å². The summed E-state index contributed by atoms with van der Waals surface area (Å²) in [5.41, 5.74) is 2.78. The SMILES string of the molecule is CC(C)(C)n1cc(NC(=O)c2csc3c2CCCC3)cn1. The number of amides is 1. The fourth-order valence-corrected chi connectivity index (χ4v) is 3.76. The number of hydrogen-bond acceptors (Lipinski definition) is 3. The van der Waals surface area contributed by atoms with E-state index in [1.807, 2.05) is 16.3 Å². The van der Waals surface area contributed by atoms with Crippen molar-refractivity contribution in [2.75, 3.05) is 5.32 Å². The highest BCUT2D eigenvalue weighted by molar-refractivity contribution is 7.10. The Morgan fingerprint density at radius 3 is 2.81 bits per heavy atom. The fourth-order valence-electron chi connectivity index (χ4n) is 2.64. The molecule has 0 atom stereocenters. The smallest absolute Gasteiger partial charge is 0.256 e. The van der Waals surface area contributed by atoms with Gasteiger partial charge in [-0.05, 0) is 52.0 Å². The monoisotopic (exact) mass is 303 g/mol. The number of anilines is 1. The van der Waals surface area contributed by atoms with Gasteiger partial charge in [-0.3, -0.25) is 9.48 Å². The van der Waals surface area contributed by atoms with Gasteiger partial charge in [-0.1, -0.05) is 0 Å². The molecule has 1 N–H and O–H groups in total. The highest BCUT2D eigenvalue weighted by Gasteiger charge is 2.21. The van der Waals surface area contributed by atoms with Crippen LogP contribution in [0.5, 0.6) is 0 Å². The molecule has 0 spiro atoms. The normalized spacial score (nSPS) is 14.8. The Morgan fingerprint density at radius 2 is 2.10 bits per heavy atom. The van der Waals surface area contributed by atoms with Crippen LogP contribution in [0.2, 0.25) is 0 Å². The summed E-state index contributed by atoms with van der Waals surface area (Å²) in [7, 11) is 0. The van der Waals surface area contributed by atoms with E-state index in [0.29, 0.717) is 0 Å². The predicted molar refractivity (Wildman–Crippen MR) is 86.1 cm³/mol. The van der Waals surface area contributed by atoms with E-state index in [4.69, 9.17) is 0 Å². The van der Waals surface area contributed by atoms with Crippen LogP contribution in [0.1, 0.15) is 54.4 Å². The van der Waals surface area contributed by atoms with Crippen LogP contribution in [-0.4, -0.2) is 15.7 Å². The summed E-state index contributed by atoms with van der Waals surface area (Å²) in [6.45, 7) is 6.25. The quantitative estimate of drug-likeness (QED) is 0.916. The summed E-state index contributed by atoms with van der Waals surface area (Å²) in [5.74, 6) is -0.0112. The third-order valence-electron chi connectivity index (χ3n) is 3.83. The Bertz CT molecular complexity index is 663. The molecule has 0 aromatic carbocycles. The Hall–Kier alpha value is -1.62. The lowest BCUT2D eigenvalue weighted by Gasteiger charge is -2.18. The van der Waals surface area contributed by atoms with Crippen LogP contribution >= 0.6 is 11.3 Å². The van der Waals surface area contributed by atoms with Crippen LogP contribution in [-0.2, 0) is 18.4 Å². The van der Waals surface area contributed by atoms with Crippen molar-refractivity contribution in [3.63, 3.8) is 0 Å². The molecule has 0 radical (unpaired) electrons. The Balaban J connectivity index is 1.78. The molecule has 0 fully saturated rings. The van der Waals surface area contributed by atoms with Gasteiger partial charge in [0.15, 0.2) is 0 Å². The molecule has 0 saturated heterocycles. The van der Waals surface area contributed by atoms with E-state index >= 15 is 0 Å². The van der Waals surface area contributed by atoms with E-state index in [1.165, 1.54) is 23.3 Å². The van der Waals surface area contributed by atoms with Gasteiger partial charge in [-0.2, -0.15) is 5.10 Å². The molecule has 21 heavy (non-hydrogen) atoms. The molecular weight excluding hydrogens is 282 g/mol. The molecule has 5 heteroatoms. The zero-order valence-corrected chi connectivity index (χ0v) is 13.6. The van der Waals surface area contributed by atoms with Gasteiger partial charge in [0.2, 0.25) is 0 Å². The molecule has 112 valence electrons. The number of carbonyl (C=O) groups is 1. The first-order valence-corrected chi connectivity index (χ1v) is 8.29. The number of nitrogens with one attached hydrogen (secondary N) is 1. The van der Waals surface area contributed by atoms with Crippen LogP contribution in [0.3, 0.4) is 0 Å². The second-order valence-electron chi connectivity index (χ2n) is 6.56.